The fraction of sp³-hybridized carbons (Fsp3) is 0.500. The predicted molar refractivity (Wildman–Crippen MR) is 83.7 cm³/mol. The van der Waals surface area contributed by atoms with Gasteiger partial charge in [-0.05, 0) is 37.0 Å². The lowest BCUT2D eigenvalue weighted by atomic mass is 10.0. The summed E-state index contributed by atoms with van der Waals surface area (Å²) < 4.78 is 47.0. The molecule has 10 heteroatoms. The van der Waals surface area contributed by atoms with Crippen LogP contribution in [0.15, 0.2) is 22.7 Å². The molecule has 0 radical (unpaired) electrons. The number of anilines is 1. The Morgan fingerprint density at radius 3 is 2.81 bits per heavy atom. The highest BCUT2D eigenvalue weighted by Crippen LogP contribution is 2.30. The van der Waals surface area contributed by atoms with Gasteiger partial charge in [-0.1, -0.05) is 11.2 Å². The summed E-state index contributed by atoms with van der Waals surface area (Å²) in [4.78, 5) is 13.1. The highest BCUT2D eigenvalue weighted by Gasteiger charge is 2.37. The van der Waals surface area contributed by atoms with Gasteiger partial charge >= 0.3 is 12.3 Å². The van der Waals surface area contributed by atoms with E-state index in [0.717, 1.165) is 5.56 Å². The zero-order valence-corrected chi connectivity index (χ0v) is 13.6. The van der Waals surface area contributed by atoms with Gasteiger partial charge < -0.3 is 19.5 Å². The summed E-state index contributed by atoms with van der Waals surface area (Å²) in [5.41, 5.74) is 1.11. The average molecular weight is 374 g/mol. The molecule has 1 aromatic heterocycles. The number of ether oxygens (including phenoxy) is 1. The van der Waals surface area contributed by atoms with Crippen molar-refractivity contribution in [3.63, 3.8) is 0 Å². The number of aliphatic hydroxyl groups excluding tert-OH is 2. The molecule has 0 bridgehead atoms. The molecule has 7 nitrogen and oxygen atoms in total. The van der Waals surface area contributed by atoms with Gasteiger partial charge in [0.25, 0.3) is 0 Å². The van der Waals surface area contributed by atoms with E-state index in [1.807, 2.05) is 0 Å². The van der Waals surface area contributed by atoms with Gasteiger partial charge in [0.2, 0.25) is 0 Å². The second-order valence-corrected chi connectivity index (χ2v) is 6.09. The number of fused-ring (bicyclic) bond motifs is 1. The molecule has 2 atom stereocenters. The number of aromatic nitrogens is 1. The summed E-state index contributed by atoms with van der Waals surface area (Å²) in [6.45, 7) is -0.153. The molecular formula is C16H17F3N2O5. The first kappa shape index (κ1) is 18.5. The van der Waals surface area contributed by atoms with Crippen molar-refractivity contribution < 1.29 is 37.4 Å². The van der Waals surface area contributed by atoms with Crippen LogP contribution < -0.4 is 4.90 Å². The molecule has 1 amide bonds. The average Bonchev–Trinajstić information content (AvgIpc) is 3.16. The molecule has 2 heterocycles. The predicted octanol–water partition coefficient (Wildman–Crippen LogP) is 2.39. The number of cyclic esters (lactones) is 1. The maximum Gasteiger partial charge on any atom is 0.416 e. The molecule has 0 saturated carbocycles. The van der Waals surface area contributed by atoms with Gasteiger partial charge in [-0.3, -0.25) is 4.90 Å². The molecule has 1 aromatic carbocycles. The highest BCUT2D eigenvalue weighted by atomic mass is 19.4. The lowest BCUT2D eigenvalue weighted by molar-refractivity contribution is -0.205. The highest BCUT2D eigenvalue weighted by molar-refractivity contribution is 5.99. The minimum absolute atomic E-state index is 0.147. The molecule has 1 saturated heterocycles. The Labute approximate surface area is 145 Å². The van der Waals surface area contributed by atoms with Crippen LogP contribution in [0.25, 0.3) is 11.0 Å². The Bertz CT molecular complexity index is 792. The molecule has 142 valence electrons. The van der Waals surface area contributed by atoms with Crippen molar-refractivity contribution >= 4 is 22.9 Å². The van der Waals surface area contributed by atoms with Crippen LogP contribution in [0.2, 0.25) is 0 Å². The molecule has 1 aliphatic heterocycles. The number of hydrogen-bond acceptors (Lipinski definition) is 6. The van der Waals surface area contributed by atoms with Gasteiger partial charge in [0, 0.05) is 0 Å². The maximum atomic E-state index is 12.3. The Kier molecular flexibility index (Phi) is 5.05. The summed E-state index contributed by atoms with van der Waals surface area (Å²) in [5.74, 6) is 0.264. The third-order valence-electron chi connectivity index (χ3n) is 4.17. The van der Waals surface area contributed by atoms with E-state index in [9.17, 15) is 18.0 Å². The summed E-state index contributed by atoms with van der Waals surface area (Å²) in [5, 5.41) is 22.5. The van der Waals surface area contributed by atoms with Crippen molar-refractivity contribution in [3.8, 4) is 0 Å². The molecule has 2 aromatic rings. The molecule has 1 aliphatic rings. The molecule has 0 spiro atoms. The van der Waals surface area contributed by atoms with Gasteiger partial charge in [-0.2, -0.15) is 13.2 Å². The van der Waals surface area contributed by atoms with E-state index in [4.69, 9.17) is 19.5 Å². The van der Waals surface area contributed by atoms with E-state index in [0.29, 0.717) is 17.4 Å². The van der Waals surface area contributed by atoms with Crippen LogP contribution in [-0.2, 0) is 11.2 Å². The van der Waals surface area contributed by atoms with Crippen LogP contribution in [0.3, 0.4) is 0 Å². The number of aryl methyl sites for hydroxylation is 1. The first-order valence-electron chi connectivity index (χ1n) is 8.01. The van der Waals surface area contributed by atoms with Crippen LogP contribution in [0, 0.1) is 0 Å². The number of halogens is 3. The smallest absolute Gasteiger partial charge is 0.416 e. The number of amides is 1. The van der Waals surface area contributed by atoms with Gasteiger partial charge in [0.15, 0.2) is 11.4 Å². The fourth-order valence-electron chi connectivity index (χ4n) is 2.77. The molecule has 3 rings (SSSR count). The van der Waals surface area contributed by atoms with Crippen LogP contribution >= 0.6 is 0 Å². The number of carbonyl (C=O) groups excluding carboxylic acids is 1. The van der Waals surface area contributed by atoms with E-state index in [1.165, 1.54) is 4.90 Å². The third-order valence-corrected chi connectivity index (χ3v) is 4.17. The molecule has 2 N–H and O–H groups in total. The van der Waals surface area contributed by atoms with Gasteiger partial charge in [0.1, 0.15) is 12.2 Å². The van der Waals surface area contributed by atoms with Gasteiger partial charge in [-0.15, -0.1) is 0 Å². The van der Waals surface area contributed by atoms with Crippen molar-refractivity contribution in [2.24, 2.45) is 0 Å². The minimum atomic E-state index is -4.61. The Hall–Kier alpha value is -2.33. The fourth-order valence-corrected chi connectivity index (χ4v) is 2.77. The standard InChI is InChI=1S/C16H17F3N2O5/c17-16(18,19)13(23)3-1-2-9-4-5-11-12(6-9)26-20-14(11)21-7-10(8-22)25-15(21)24/h4-6,10,13,22-23H,1-3,7-8H2/t10-,13-/m1/s1. The van der Waals surface area contributed by atoms with Crippen LogP contribution in [0.1, 0.15) is 18.4 Å². The van der Waals surface area contributed by atoms with Crippen molar-refractivity contribution in [2.45, 2.75) is 37.6 Å². The number of benzene rings is 1. The zero-order valence-electron chi connectivity index (χ0n) is 13.6. The third kappa shape index (κ3) is 3.75. The van der Waals surface area contributed by atoms with E-state index in [1.54, 1.807) is 18.2 Å². The molecule has 0 aliphatic carbocycles. The summed E-state index contributed by atoms with van der Waals surface area (Å²) in [7, 11) is 0. The van der Waals surface area contributed by atoms with Gasteiger partial charge in [0.05, 0.1) is 18.5 Å². The monoisotopic (exact) mass is 374 g/mol. The van der Waals surface area contributed by atoms with Crippen LogP contribution in [-0.4, -0.2) is 53.0 Å². The van der Waals surface area contributed by atoms with Gasteiger partial charge in [-0.25, -0.2) is 4.79 Å². The molecular weight excluding hydrogens is 357 g/mol. The van der Waals surface area contributed by atoms with Crippen LogP contribution in [0.4, 0.5) is 23.8 Å². The first-order valence-corrected chi connectivity index (χ1v) is 8.01. The zero-order chi connectivity index (χ0) is 18.9. The summed E-state index contributed by atoms with van der Waals surface area (Å²) in [6.07, 6.45) is -8.10. The first-order chi connectivity index (χ1) is 12.3. The summed E-state index contributed by atoms with van der Waals surface area (Å²) in [6, 6.07) is 5.00. The van der Waals surface area contributed by atoms with Crippen LogP contribution in [0.5, 0.6) is 0 Å². The molecule has 1 fully saturated rings. The topological polar surface area (TPSA) is 96.0 Å². The van der Waals surface area contributed by atoms with Crippen molar-refractivity contribution in [3.05, 3.63) is 23.8 Å². The van der Waals surface area contributed by atoms with E-state index in [-0.39, 0.29) is 31.8 Å². The number of rotatable bonds is 6. The normalized spacial score (nSPS) is 19.2. The van der Waals surface area contributed by atoms with Crippen molar-refractivity contribution in [1.29, 1.82) is 0 Å². The lowest BCUT2D eigenvalue weighted by Gasteiger charge is -2.13. The minimum Gasteiger partial charge on any atom is -0.441 e. The lowest BCUT2D eigenvalue weighted by Crippen LogP contribution is -2.28. The second-order valence-electron chi connectivity index (χ2n) is 6.09. The quantitative estimate of drug-likeness (QED) is 0.806. The van der Waals surface area contributed by atoms with E-state index < -0.39 is 24.5 Å². The summed E-state index contributed by atoms with van der Waals surface area (Å²) >= 11 is 0. The Morgan fingerprint density at radius 1 is 1.38 bits per heavy atom. The largest absolute Gasteiger partial charge is 0.441 e. The van der Waals surface area contributed by atoms with E-state index >= 15 is 0 Å². The Morgan fingerprint density at radius 2 is 2.15 bits per heavy atom. The second kappa shape index (κ2) is 7.12. The number of nitrogens with zero attached hydrogens (tertiary/aromatic N) is 2. The van der Waals surface area contributed by atoms with Crippen molar-refractivity contribution in [1.82, 2.24) is 5.16 Å². The number of hydrogen-bond donors (Lipinski definition) is 2. The number of aliphatic hydroxyl groups is 2. The number of alkyl halides is 3. The molecule has 26 heavy (non-hydrogen) atoms. The van der Waals surface area contributed by atoms with Crippen molar-refractivity contribution in [2.75, 3.05) is 18.1 Å². The van der Waals surface area contributed by atoms with E-state index in [2.05, 4.69) is 5.16 Å². The Balaban J connectivity index is 1.69. The molecule has 0 unspecified atom stereocenters. The SMILES string of the molecule is O=C1O[C@@H](CO)CN1c1noc2cc(CCC[C@@H](O)C(F)(F)F)ccc12. The number of carbonyl (C=O) groups is 1. The maximum absolute atomic E-state index is 12.3.